The molecule has 0 aliphatic carbocycles. The Labute approximate surface area is 136 Å². The number of hydrogen-bond acceptors (Lipinski definition) is 3. The molecule has 118 valence electrons. The molecule has 0 spiro atoms. The predicted octanol–water partition coefficient (Wildman–Crippen LogP) is 3.60. The standard InChI is InChI=1S/C18H22ClNO2/c1-13(9-14-5-3-8-17(10-14)22-2)20-12-18(21)15-6-4-7-16(19)11-15/h3-8,10-11,13,18,20-21H,9,12H2,1-2H3/t13-,18+/m1/s1. The number of benzene rings is 2. The molecule has 0 saturated carbocycles. The predicted molar refractivity (Wildman–Crippen MR) is 90.6 cm³/mol. The number of aliphatic hydroxyl groups excluding tert-OH is 1. The van der Waals surface area contributed by atoms with E-state index >= 15 is 0 Å². The Morgan fingerprint density at radius 3 is 2.68 bits per heavy atom. The number of aliphatic hydroxyl groups is 1. The second kappa shape index (κ2) is 8.18. The minimum absolute atomic E-state index is 0.251. The van der Waals surface area contributed by atoms with E-state index < -0.39 is 6.10 Å². The van der Waals surface area contributed by atoms with E-state index in [1.807, 2.05) is 30.3 Å². The van der Waals surface area contributed by atoms with Crippen LogP contribution in [-0.2, 0) is 6.42 Å². The van der Waals surface area contributed by atoms with Crippen LogP contribution < -0.4 is 10.1 Å². The van der Waals surface area contributed by atoms with Crippen molar-refractivity contribution in [2.24, 2.45) is 0 Å². The van der Waals surface area contributed by atoms with E-state index in [2.05, 4.69) is 18.3 Å². The molecule has 0 bridgehead atoms. The van der Waals surface area contributed by atoms with Gasteiger partial charge in [-0.1, -0.05) is 35.9 Å². The third-order valence-corrected chi connectivity index (χ3v) is 3.80. The normalized spacial score (nSPS) is 13.6. The topological polar surface area (TPSA) is 41.5 Å². The molecular weight excluding hydrogens is 298 g/mol. The molecule has 0 aliphatic rings. The molecule has 0 heterocycles. The Morgan fingerprint density at radius 1 is 1.18 bits per heavy atom. The summed E-state index contributed by atoms with van der Waals surface area (Å²) in [6, 6.07) is 15.6. The first-order valence-corrected chi connectivity index (χ1v) is 7.76. The van der Waals surface area contributed by atoms with Crippen molar-refractivity contribution >= 4 is 11.6 Å². The molecule has 2 rings (SSSR count). The first kappa shape index (κ1) is 16.8. The Morgan fingerprint density at radius 2 is 1.95 bits per heavy atom. The lowest BCUT2D eigenvalue weighted by Crippen LogP contribution is -2.32. The van der Waals surface area contributed by atoms with E-state index in [1.54, 1.807) is 19.2 Å². The van der Waals surface area contributed by atoms with Gasteiger partial charge in [0.05, 0.1) is 13.2 Å². The van der Waals surface area contributed by atoms with Gasteiger partial charge >= 0.3 is 0 Å². The summed E-state index contributed by atoms with van der Waals surface area (Å²) in [6.45, 7) is 2.59. The summed E-state index contributed by atoms with van der Waals surface area (Å²) in [6.07, 6.45) is 0.311. The first-order chi connectivity index (χ1) is 10.6. The average Bonchev–Trinajstić information content (AvgIpc) is 2.52. The largest absolute Gasteiger partial charge is 0.497 e. The molecular formula is C18H22ClNO2. The van der Waals surface area contributed by atoms with Crippen molar-refractivity contribution in [1.29, 1.82) is 0 Å². The number of nitrogens with one attached hydrogen (secondary N) is 1. The monoisotopic (exact) mass is 319 g/mol. The molecule has 2 atom stereocenters. The van der Waals surface area contributed by atoms with Crippen LogP contribution in [0.25, 0.3) is 0 Å². The molecule has 0 saturated heterocycles. The zero-order valence-electron chi connectivity index (χ0n) is 12.9. The van der Waals surface area contributed by atoms with Gasteiger partial charge in [0.15, 0.2) is 0 Å². The van der Waals surface area contributed by atoms with Gasteiger partial charge in [0.25, 0.3) is 0 Å². The van der Waals surface area contributed by atoms with Crippen LogP contribution in [0.15, 0.2) is 48.5 Å². The van der Waals surface area contributed by atoms with Crippen molar-refractivity contribution in [3.8, 4) is 5.75 Å². The SMILES string of the molecule is COc1cccc(C[C@@H](C)NC[C@H](O)c2cccc(Cl)c2)c1. The van der Waals surface area contributed by atoms with Gasteiger partial charge in [-0.05, 0) is 48.7 Å². The smallest absolute Gasteiger partial charge is 0.119 e. The van der Waals surface area contributed by atoms with Crippen LogP contribution in [0.3, 0.4) is 0 Å². The maximum Gasteiger partial charge on any atom is 0.119 e. The maximum absolute atomic E-state index is 10.2. The fraction of sp³-hybridized carbons (Fsp3) is 0.333. The van der Waals surface area contributed by atoms with Gasteiger partial charge in [0.2, 0.25) is 0 Å². The quantitative estimate of drug-likeness (QED) is 0.819. The van der Waals surface area contributed by atoms with Crippen molar-refractivity contribution < 1.29 is 9.84 Å². The third kappa shape index (κ3) is 5.02. The van der Waals surface area contributed by atoms with Crippen LogP contribution in [0.4, 0.5) is 0 Å². The van der Waals surface area contributed by atoms with Crippen molar-refractivity contribution in [1.82, 2.24) is 5.32 Å². The van der Waals surface area contributed by atoms with Gasteiger partial charge < -0.3 is 15.2 Å². The highest BCUT2D eigenvalue weighted by atomic mass is 35.5. The lowest BCUT2D eigenvalue weighted by Gasteiger charge is -2.18. The maximum atomic E-state index is 10.2. The lowest BCUT2D eigenvalue weighted by molar-refractivity contribution is 0.170. The summed E-state index contributed by atoms with van der Waals surface area (Å²) in [4.78, 5) is 0. The molecule has 0 radical (unpaired) electrons. The van der Waals surface area contributed by atoms with Gasteiger partial charge in [0.1, 0.15) is 5.75 Å². The minimum atomic E-state index is -0.563. The molecule has 2 N–H and O–H groups in total. The van der Waals surface area contributed by atoms with E-state index in [-0.39, 0.29) is 6.04 Å². The van der Waals surface area contributed by atoms with E-state index in [1.165, 1.54) is 5.56 Å². The average molecular weight is 320 g/mol. The summed E-state index contributed by atoms with van der Waals surface area (Å²) in [5.74, 6) is 0.865. The van der Waals surface area contributed by atoms with E-state index in [9.17, 15) is 5.11 Å². The van der Waals surface area contributed by atoms with Crippen LogP contribution in [0.2, 0.25) is 5.02 Å². The highest BCUT2D eigenvalue weighted by Crippen LogP contribution is 2.18. The molecule has 0 unspecified atom stereocenters. The van der Waals surface area contributed by atoms with Crippen LogP contribution >= 0.6 is 11.6 Å². The number of rotatable bonds is 7. The number of methoxy groups -OCH3 is 1. The molecule has 22 heavy (non-hydrogen) atoms. The second-order valence-corrected chi connectivity index (χ2v) is 5.87. The van der Waals surface area contributed by atoms with Crippen LogP contribution in [0.1, 0.15) is 24.2 Å². The summed E-state index contributed by atoms with van der Waals surface area (Å²) in [7, 11) is 1.67. The van der Waals surface area contributed by atoms with Crippen LogP contribution in [0.5, 0.6) is 5.75 Å². The summed E-state index contributed by atoms with van der Waals surface area (Å²) in [5, 5.41) is 14.2. The lowest BCUT2D eigenvalue weighted by atomic mass is 10.1. The van der Waals surface area contributed by atoms with Gasteiger partial charge in [-0.3, -0.25) is 0 Å². The third-order valence-electron chi connectivity index (χ3n) is 3.57. The highest BCUT2D eigenvalue weighted by molar-refractivity contribution is 6.30. The fourth-order valence-electron chi connectivity index (χ4n) is 2.37. The molecule has 4 heteroatoms. The molecule has 0 amide bonds. The summed E-state index contributed by atoms with van der Waals surface area (Å²) < 4.78 is 5.23. The number of halogens is 1. The molecule has 0 fully saturated rings. The first-order valence-electron chi connectivity index (χ1n) is 7.38. The Hall–Kier alpha value is -1.55. The molecule has 2 aromatic carbocycles. The van der Waals surface area contributed by atoms with E-state index in [0.717, 1.165) is 17.7 Å². The van der Waals surface area contributed by atoms with Gasteiger partial charge in [-0.2, -0.15) is 0 Å². The molecule has 3 nitrogen and oxygen atoms in total. The minimum Gasteiger partial charge on any atom is -0.497 e. The van der Waals surface area contributed by atoms with Crippen LogP contribution in [0, 0.1) is 0 Å². The van der Waals surface area contributed by atoms with Crippen molar-refractivity contribution in [2.45, 2.75) is 25.5 Å². The van der Waals surface area contributed by atoms with E-state index in [0.29, 0.717) is 11.6 Å². The van der Waals surface area contributed by atoms with Crippen LogP contribution in [-0.4, -0.2) is 24.8 Å². The van der Waals surface area contributed by atoms with Crippen molar-refractivity contribution in [3.05, 3.63) is 64.7 Å². The fourth-order valence-corrected chi connectivity index (χ4v) is 2.57. The molecule has 0 aromatic heterocycles. The van der Waals surface area contributed by atoms with Gasteiger partial charge in [-0.25, -0.2) is 0 Å². The Kier molecular flexibility index (Phi) is 6.25. The van der Waals surface area contributed by atoms with Gasteiger partial charge in [0, 0.05) is 17.6 Å². The number of hydrogen-bond donors (Lipinski definition) is 2. The molecule has 0 aliphatic heterocycles. The second-order valence-electron chi connectivity index (χ2n) is 5.44. The van der Waals surface area contributed by atoms with E-state index in [4.69, 9.17) is 16.3 Å². The summed E-state index contributed by atoms with van der Waals surface area (Å²) >= 11 is 5.94. The van der Waals surface area contributed by atoms with Crippen molar-refractivity contribution in [3.63, 3.8) is 0 Å². The Balaban J connectivity index is 1.85. The summed E-state index contributed by atoms with van der Waals surface area (Å²) in [5.41, 5.74) is 2.03. The zero-order chi connectivity index (χ0) is 15.9. The van der Waals surface area contributed by atoms with Gasteiger partial charge in [-0.15, -0.1) is 0 Å². The highest BCUT2D eigenvalue weighted by Gasteiger charge is 2.10. The Bertz CT molecular complexity index is 603. The molecule has 2 aromatic rings. The van der Waals surface area contributed by atoms with Crippen molar-refractivity contribution in [2.75, 3.05) is 13.7 Å². The number of ether oxygens (including phenoxy) is 1. The zero-order valence-corrected chi connectivity index (χ0v) is 13.7.